The van der Waals surface area contributed by atoms with Crippen LogP contribution < -0.4 is 109 Å². The Morgan fingerprint density at radius 1 is 0.450 bits per heavy atom. The molecule has 15 amide bonds. The Hall–Kier alpha value is -11.5. The highest BCUT2D eigenvalue weighted by Crippen LogP contribution is 2.15. The van der Waals surface area contributed by atoms with Crippen molar-refractivity contribution in [3.8, 4) is 5.75 Å². The van der Waals surface area contributed by atoms with E-state index in [1.807, 2.05) is 0 Å². The molecule has 0 radical (unpaired) electrons. The summed E-state index contributed by atoms with van der Waals surface area (Å²) in [4.78, 5) is 220. The fraction of sp³-hybridized carbons (Fsp3) is 0.545. The second kappa shape index (κ2) is 49.4. The van der Waals surface area contributed by atoms with Gasteiger partial charge >= 0.3 is 5.97 Å². The van der Waals surface area contributed by atoms with Crippen LogP contribution in [-0.4, -0.2) is 245 Å². The number of carboxylic acids is 1. The lowest BCUT2D eigenvalue weighted by Crippen LogP contribution is -2.61. The third-order valence-electron chi connectivity index (χ3n) is 16.0. The van der Waals surface area contributed by atoms with Crippen molar-refractivity contribution in [2.75, 3.05) is 51.7 Å². The number of primary amides is 2. The number of aliphatic imine (C=N–C) groups is 2. The summed E-state index contributed by atoms with van der Waals surface area (Å²) in [5.74, 6) is -18.5. The Balaban J connectivity index is 2.16. The van der Waals surface area contributed by atoms with Crippen LogP contribution in [0.5, 0.6) is 5.75 Å². The number of phenolic OH excluding ortho intramolecular Hbond substituents is 1. The van der Waals surface area contributed by atoms with Crippen LogP contribution in [0.4, 0.5) is 0 Å². The molecule has 0 unspecified atom stereocenters. The molecule has 31 N–H and O–H groups in total. The molecular formula is C66H104N22O20S. The second-order valence-corrected chi connectivity index (χ2v) is 25.9. The number of aliphatic hydroxyl groups excluding tert-OH is 2. The fourth-order valence-electron chi connectivity index (χ4n) is 9.99. The van der Waals surface area contributed by atoms with Gasteiger partial charge in [-0.2, -0.15) is 12.6 Å². The quantitative estimate of drug-likeness (QED) is 0.0127. The van der Waals surface area contributed by atoms with Gasteiger partial charge in [0.25, 0.3) is 0 Å². The molecule has 0 saturated carbocycles. The number of carbonyl (C=O) groups excluding carboxylic acids is 15. The van der Waals surface area contributed by atoms with Gasteiger partial charge in [0.15, 0.2) is 11.9 Å². The molecule has 0 aliphatic rings. The molecule has 0 bridgehead atoms. The first-order valence-corrected chi connectivity index (χ1v) is 35.2. The smallest absolute Gasteiger partial charge is 0.326 e. The minimum atomic E-state index is -1.93. The van der Waals surface area contributed by atoms with Gasteiger partial charge in [-0.05, 0) is 73.6 Å². The van der Waals surface area contributed by atoms with Crippen molar-refractivity contribution in [1.82, 2.24) is 69.1 Å². The summed E-state index contributed by atoms with van der Waals surface area (Å²) in [6.45, 7) is 2.24. The molecule has 0 spiro atoms. The molecule has 2 rings (SSSR count). The molecule has 43 heteroatoms. The van der Waals surface area contributed by atoms with Crippen LogP contribution in [0.15, 0.2) is 64.6 Å². The number of guanidine groups is 2. The standard InChI is InChI=1S/C66H104N22O20S/c1-5-34(4)53(88-54(97)38(67)13-9-21-74-65(70)71)63(106)78-29-50(94)79-40(19-20-48(68)92)58(101)86-45(30-89)56(99)77-27-51(95)80-41(23-33(2)3)55(98)76-28-52(96)81-47(32-109)62(105)84-43(26-49(69)93)60(103)87-46(31-90)61(104)83-42(24-35-11-7-6-8-12-35)59(102)82-39(14-10-22-75-66(72)73)57(100)85-44(64(107)108)25-36-15-17-37(91)18-16-36/h6-8,11-12,15-18,33-34,38-47,53,89-91,109H,5,9-10,13-14,19-32,67H2,1-4H3,(H2,68,92)(H2,69,93)(H,76,98)(H,77,99)(H,78,106)(H,79,94)(H,80,95)(H,81,96)(H,82,102)(H,83,104)(H,84,105)(H,85,100)(H,86,101)(H,87,103)(H,88,97)(H,107,108)(H4,70,71,74)(H4,72,73,75)/t34-,38-,39-,40-,41-,42-,43-,44-,45-,46-,47-,53-/m0/s1. The molecule has 0 aromatic heterocycles. The number of nitrogens with zero attached hydrogens (tertiary/aromatic N) is 2. The number of hydrogen-bond donors (Lipinski definition) is 25. The molecule has 0 aliphatic heterocycles. The molecule has 0 heterocycles. The number of amides is 15. The molecule has 2 aromatic carbocycles. The predicted octanol–water partition coefficient (Wildman–Crippen LogP) is -9.96. The number of carbonyl (C=O) groups is 16. The van der Waals surface area contributed by atoms with Gasteiger partial charge in [-0.25, -0.2) is 4.79 Å². The number of hydrogen-bond acceptors (Lipinski definition) is 23. The summed E-state index contributed by atoms with van der Waals surface area (Å²) in [7, 11) is 0. The van der Waals surface area contributed by atoms with Gasteiger partial charge in [-0.15, -0.1) is 0 Å². The van der Waals surface area contributed by atoms with Crippen LogP contribution in [0.25, 0.3) is 0 Å². The first kappa shape index (κ1) is 93.6. The van der Waals surface area contributed by atoms with Crippen molar-refractivity contribution in [1.29, 1.82) is 0 Å². The summed E-state index contributed by atoms with van der Waals surface area (Å²) >= 11 is 4.11. The van der Waals surface area contributed by atoms with E-state index in [0.29, 0.717) is 24.0 Å². The van der Waals surface area contributed by atoms with E-state index < -0.39 is 225 Å². The van der Waals surface area contributed by atoms with E-state index >= 15 is 0 Å². The first-order chi connectivity index (χ1) is 51.4. The normalized spacial score (nSPS) is 14.2. The number of rotatable bonds is 51. The van der Waals surface area contributed by atoms with Crippen LogP contribution in [0, 0.1) is 11.8 Å². The first-order valence-electron chi connectivity index (χ1n) is 34.6. The van der Waals surface area contributed by atoms with Gasteiger partial charge in [0.1, 0.15) is 66.2 Å². The van der Waals surface area contributed by atoms with Gasteiger partial charge in [0.2, 0.25) is 88.6 Å². The van der Waals surface area contributed by atoms with Gasteiger partial charge in [0, 0.05) is 38.1 Å². The third-order valence-corrected chi connectivity index (χ3v) is 16.4. The van der Waals surface area contributed by atoms with Crippen LogP contribution in [0.3, 0.4) is 0 Å². The van der Waals surface area contributed by atoms with Gasteiger partial charge < -0.3 is 130 Å². The Morgan fingerprint density at radius 2 is 0.862 bits per heavy atom. The Bertz CT molecular complexity index is 3490. The van der Waals surface area contributed by atoms with Crippen molar-refractivity contribution in [3.63, 3.8) is 0 Å². The van der Waals surface area contributed by atoms with E-state index in [2.05, 4.69) is 91.7 Å². The minimum Gasteiger partial charge on any atom is -0.508 e. The molecule has 0 saturated heterocycles. The molecule has 604 valence electrons. The van der Waals surface area contributed by atoms with Crippen molar-refractivity contribution < 1.29 is 97.1 Å². The lowest BCUT2D eigenvalue weighted by atomic mass is 9.97. The van der Waals surface area contributed by atoms with Crippen molar-refractivity contribution in [2.24, 2.45) is 62.0 Å². The van der Waals surface area contributed by atoms with Gasteiger partial charge in [0.05, 0.1) is 45.3 Å². The number of nitrogens with one attached hydrogen (secondary N) is 13. The van der Waals surface area contributed by atoms with E-state index in [0.717, 1.165) is 0 Å². The average Bonchev–Trinajstić information content (AvgIpc) is 0.832. The zero-order chi connectivity index (χ0) is 82.0. The Labute approximate surface area is 632 Å². The molecule has 12 atom stereocenters. The summed E-state index contributed by atoms with van der Waals surface area (Å²) < 4.78 is 0. The lowest BCUT2D eigenvalue weighted by molar-refractivity contribution is -0.142. The zero-order valence-electron chi connectivity index (χ0n) is 60.8. The molecule has 2 aromatic rings. The number of benzene rings is 2. The number of aliphatic hydroxyl groups is 2. The van der Waals surface area contributed by atoms with Crippen LogP contribution in [-0.2, 0) is 89.6 Å². The van der Waals surface area contributed by atoms with E-state index in [9.17, 15) is 97.1 Å². The van der Waals surface area contributed by atoms with Gasteiger partial charge in [-0.3, -0.25) is 81.9 Å². The fourth-order valence-corrected chi connectivity index (χ4v) is 10.2. The number of aliphatic carboxylic acids is 1. The maximum Gasteiger partial charge on any atom is 0.326 e. The Kier molecular flexibility index (Phi) is 42.4. The average molecular weight is 1560 g/mol. The van der Waals surface area contributed by atoms with E-state index in [-0.39, 0.29) is 75.2 Å². The van der Waals surface area contributed by atoms with Crippen LogP contribution >= 0.6 is 12.6 Å². The Morgan fingerprint density at radius 3 is 1.36 bits per heavy atom. The number of nitrogens with two attached hydrogens (primary N) is 7. The zero-order valence-corrected chi connectivity index (χ0v) is 61.7. The molecule has 42 nitrogen and oxygen atoms in total. The molecule has 0 aliphatic carbocycles. The number of carboxylic acid groups (broad SMARTS) is 1. The van der Waals surface area contributed by atoms with E-state index in [1.54, 1.807) is 58.0 Å². The lowest BCUT2D eigenvalue weighted by Gasteiger charge is -2.27. The largest absolute Gasteiger partial charge is 0.508 e. The SMILES string of the molecule is CC[C@H](C)[C@H](NC(=O)[C@@H](N)CCCN=C(N)N)C(=O)NCC(=O)N[C@@H](CCC(N)=O)C(=O)N[C@@H](CO)C(=O)NCC(=O)N[C@@H](CC(C)C)C(=O)NCC(=O)N[C@@H](CS)C(=O)N[C@@H](CC(N)=O)C(=O)N[C@@H](CO)C(=O)N[C@@H](Cc1ccccc1)C(=O)N[C@@H](CCCN=C(N)N)C(=O)N[C@@H](Cc1ccc(O)cc1)C(=O)O. The second-order valence-electron chi connectivity index (χ2n) is 25.5. The highest BCUT2D eigenvalue weighted by atomic mass is 32.1. The van der Waals surface area contributed by atoms with E-state index in [4.69, 9.17) is 40.1 Å². The van der Waals surface area contributed by atoms with Crippen molar-refractivity contribution in [2.45, 2.75) is 165 Å². The minimum absolute atomic E-state index is 0.0307. The monoisotopic (exact) mass is 1560 g/mol. The highest BCUT2D eigenvalue weighted by Gasteiger charge is 2.36. The predicted molar refractivity (Wildman–Crippen MR) is 395 cm³/mol. The van der Waals surface area contributed by atoms with Crippen LogP contribution in [0.2, 0.25) is 0 Å². The van der Waals surface area contributed by atoms with Gasteiger partial charge in [-0.1, -0.05) is 76.6 Å². The number of phenols is 1. The summed E-state index contributed by atoms with van der Waals surface area (Å²) in [6, 6.07) is -3.46. The number of thiol groups is 1. The van der Waals surface area contributed by atoms with Crippen LogP contribution in [0.1, 0.15) is 96.6 Å². The molecule has 0 fully saturated rings. The number of aromatic hydroxyl groups is 1. The maximum atomic E-state index is 14.3. The summed E-state index contributed by atoms with van der Waals surface area (Å²) in [5.41, 5.74) is 39.2. The van der Waals surface area contributed by atoms with Crippen molar-refractivity contribution >= 4 is 119 Å². The summed E-state index contributed by atoms with van der Waals surface area (Å²) in [5, 5.41) is 70.7. The third kappa shape index (κ3) is 37.1. The van der Waals surface area contributed by atoms with Crippen molar-refractivity contribution in [3.05, 3.63) is 65.7 Å². The van der Waals surface area contributed by atoms with E-state index in [1.165, 1.54) is 24.3 Å². The molecule has 109 heavy (non-hydrogen) atoms. The maximum absolute atomic E-state index is 14.3. The highest BCUT2D eigenvalue weighted by molar-refractivity contribution is 7.80. The summed E-state index contributed by atoms with van der Waals surface area (Å²) in [6.07, 6.45) is -1.59. The molecular weight excluding hydrogens is 1450 g/mol. The topological polar surface area (TPSA) is 717 Å².